The molecule has 136 valence electrons. The van der Waals surface area contributed by atoms with E-state index in [1.165, 1.54) is 19.3 Å². The smallest absolute Gasteiger partial charge is 0.329 e. The van der Waals surface area contributed by atoms with Gasteiger partial charge in [-0.05, 0) is 40.0 Å². The fourth-order valence-corrected chi connectivity index (χ4v) is 2.41. The van der Waals surface area contributed by atoms with E-state index in [9.17, 15) is 9.59 Å². The number of amides is 1. The Balaban J connectivity index is 4.65. The molecule has 0 aliphatic carbocycles. The Labute approximate surface area is 143 Å². The van der Waals surface area contributed by atoms with Gasteiger partial charge in [0.05, 0.1) is 0 Å². The van der Waals surface area contributed by atoms with E-state index in [-0.39, 0.29) is 11.9 Å². The molecule has 0 aliphatic heterocycles. The van der Waals surface area contributed by atoms with Gasteiger partial charge in [0.15, 0.2) is 0 Å². The Morgan fingerprint density at radius 1 is 1.00 bits per heavy atom. The second-order valence-electron chi connectivity index (χ2n) is 7.81. The van der Waals surface area contributed by atoms with Gasteiger partial charge in [0.1, 0.15) is 11.6 Å². The van der Waals surface area contributed by atoms with E-state index in [2.05, 4.69) is 20.8 Å². The quantitative estimate of drug-likeness (QED) is 0.436. The molecule has 0 N–H and O–H groups in total. The molecule has 0 saturated heterocycles. The van der Waals surface area contributed by atoms with E-state index in [0.717, 1.165) is 12.8 Å². The van der Waals surface area contributed by atoms with Gasteiger partial charge in [0, 0.05) is 13.0 Å². The van der Waals surface area contributed by atoms with Crippen molar-refractivity contribution >= 4 is 11.9 Å². The first-order valence-electron chi connectivity index (χ1n) is 9.10. The van der Waals surface area contributed by atoms with Gasteiger partial charge < -0.3 is 9.64 Å². The molecule has 0 aromatic carbocycles. The summed E-state index contributed by atoms with van der Waals surface area (Å²) < 4.78 is 5.44. The first-order chi connectivity index (χ1) is 10.6. The van der Waals surface area contributed by atoms with Crippen molar-refractivity contribution < 1.29 is 14.3 Å². The van der Waals surface area contributed by atoms with Crippen LogP contribution in [0.4, 0.5) is 0 Å². The van der Waals surface area contributed by atoms with Crippen LogP contribution in [0.3, 0.4) is 0 Å². The molecule has 4 nitrogen and oxygen atoms in total. The van der Waals surface area contributed by atoms with Crippen LogP contribution in [-0.4, -0.2) is 35.0 Å². The average molecular weight is 328 g/mol. The third-order valence-corrected chi connectivity index (χ3v) is 3.59. The Morgan fingerprint density at radius 2 is 1.57 bits per heavy atom. The minimum absolute atomic E-state index is 0.0635. The second kappa shape index (κ2) is 10.7. The maximum atomic E-state index is 12.5. The molecule has 23 heavy (non-hydrogen) atoms. The predicted molar refractivity (Wildman–Crippen MR) is 95.2 cm³/mol. The highest BCUT2D eigenvalue weighted by atomic mass is 16.6. The maximum absolute atomic E-state index is 12.5. The summed E-state index contributed by atoms with van der Waals surface area (Å²) in [6.45, 7) is 14.2. The number of esters is 1. The minimum Gasteiger partial charge on any atom is -0.458 e. The Hall–Kier alpha value is -1.06. The number of carbonyl (C=O) groups is 2. The third-order valence-electron chi connectivity index (χ3n) is 3.59. The number of unbranched alkanes of at least 4 members (excludes halogenated alkanes) is 4. The molecule has 4 heteroatoms. The lowest BCUT2D eigenvalue weighted by molar-refractivity contribution is -0.164. The molecule has 0 fully saturated rings. The predicted octanol–water partition coefficient (Wildman–Crippen LogP) is 4.56. The number of hydrogen-bond donors (Lipinski definition) is 0. The molecule has 0 aromatic rings. The first kappa shape index (κ1) is 21.9. The summed E-state index contributed by atoms with van der Waals surface area (Å²) in [5.74, 6) is 0.0648. The van der Waals surface area contributed by atoms with Crippen LogP contribution in [0.25, 0.3) is 0 Å². The zero-order valence-corrected chi connectivity index (χ0v) is 16.3. The largest absolute Gasteiger partial charge is 0.458 e. The van der Waals surface area contributed by atoms with Crippen LogP contribution in [-0.2, 0) is 14.3 Å². The minimum atomic E-state index is -0.530. The molecule has 0 rings (SSSR count). The average Bonchev–Trinajstić information content (AvgIpc) is 2.41. The molecule has 1 amide bonds. The molecular weight excluding hydrogens is 290 g/mol. The Morgan fingerprint density at radius 3 is 2.04 bits per heavy atom. The number of ether oxygens (including phenoxy) is 1. The standard InChI is InChI=1S/C19H37NO3/c1-8-9-10-11-12-13-17(21)20(14-15(2)3)16(4)18(22)23-19(5,6)7/h15-16H,8-14H2,1-7H3. The summed E-state index contributed by atoms with van der Waals surface area (Å²) in [5, 5.41) is 0. The van der Waals surface area contributed by atoms with E-state index in [0.29, 0.717) is 18.9 Å². The van der Waals surface area contributed by atoms with Crippen molar-refractivity contribution in [3.05, 3.63) is 0 Å². The van der Waals surface area contributed by atoms with Crippen LogP contribution in [0.2, 0.25) is 0 Å². The van der Waals surface area contributed by atoms with E-state index < -0.39 is 11.6 Å². The van der Waals surface area contributed by atoms with Crippen LogP contribution >= 0.6 is 0 Å². The van der Waals surface area contributed by atoms with Crippen LogP contribution in [0.1, 0.15) is 87.0 Å². The topological polar surface area (TPSA) is 46.6 Å². The Bertz CT molecular complexity index is 358. The Kier molecular flexibility index (Phi) is 10.2. The van der Waals surface area contributed by atoms with E-state index in [4.69, 9.17) is 4.74 Å². The van der Waals surface area contributed by atoms with Crippen molar-refractivity contribution in [3.8, 4) is 0 Å². The highest BCUT2D eigenvalue weighted by molar-refractivity contribution is 5.84. The molecule has 0 heterocycles. The van der Waals surface area contributed by atoms with Crippen molar-refractivity contribution in [2.75, 3.05) is 6.54 Å². The van der Waals surface area contributed by atoms with E-state index in [1.54, 1.807) is 11.8 Å². The van der Waals surface area contributed by atoms with E-state index >= 15 is 0 Å². The monoisotopic (exact) mass is 327 g/mol. The lowest BCUT2D eigenvalue weighted by atomic mass is 10.1. The summed E-state index contributed by atoms with van der Waals surface area (Å²) in [6.07, 6.45) is 6.09. The second-order valence-corrected chi connectivity index (χ2v) is 7.81. The van der Waals surface area contributed by atoms with Crippen LogP contribution in [0.15, 0.2) is 0 Å². The molecule has 0 bridgehead atoms. The molecule has 1 atom stereocenters. The van der Waals surface area contributed by atoms with Gasteiger partial charge in [0.25, 0.3) is 0 Å². The van der Waals surface area contributed by atoms with Gasteiger partial charge in [0.2, 0.25) is 5.91 Å². The summed E-state index contributed by atoms with van der Waals surface area (Å²) in [7, 11) is 0. The lowest BCUT2D eigenvalue weighted by Crippen LogP contribution is -2.47. The van der Waals surface area contributed by atoms with Gasteiger partial charge in [-0.15, -0.1) is 0 Å². The summed E-state index contributed by atoms with van der Waals surface area (Å²) in [4.78, 5) is 26.5. The van der Waals surface area contributed by atoms with Crippen LogP contribution in [0.5, 0.6) is 0 Å². The molecule has 0 saturated carbocycles. The highest BCUT2D eigenvalue weighted by Crippen LogP contribution is 2.15. The van der Waals surface area contributed by atoms with Crippen molar-refractivity contribution in [2.45, 2.75) is 98.6 Å². The number of rotatable bonds is 10. The van der Waals surface area contributed by atoms with Crippen molar-refractivity contribution in [2.24, 2.45) is 5.92 Å². The normalized spacial score (nSPS) is 13.0. The SMILES string of the molecule is CCCCCCCC(=O)N(CC(C)C)C(C)C(=O)OC(C)(C)C. The molecule has 0 radical (unpaired) electrons. The molecule has 0 aliphatic rings. The molecule has 0 spiro atoms. The van der Waals surface area contributed by atoms with Gasteiger partial charge in [-0.1, -0.05) is 46.5 Å². The summed E-state index contributed by atoms with van der Waals surface area (Å²) >= 11 is 0. The van der Waals surface area contributed by atoms with Gasteiger partial charge >= 0.3 is 5.97 Å². The van der Waals surface area contributed by atoms with Crippen LogP contribution in [0, 0.1) is 5.92 Å². The lowest BCUT2D eigenvalue weighted by Gasteiger charge is -2.31. The van der Waals surface area contributed by atoms with E-state index in [1.807, 2.05) is 20.8 Å². The van der Waals surface area contributed by atoms with Gasteiger partial charge in [-0.3, -0.25) is 4.79 Å². The molecule has 1 unspecified atom stereocenters. The van der Waals surface area contributed by atoms with Crippen molar-refractivity contribution in [1.29, 1.82) is 0 Å². The summed E-state index contributed by atoms with van der Waals surface area (Å²) in [6, 6.07) is -0.528. The zero-order chi connectivity index (χ0) is 18.0. The zero-order valence-electron chi connectivity index (χ0n) is 16.3. The van der Waals surface area contributed by atoms with Gasteiger partial charge in [-0.25, -0.2) is 4.79 Å². The fraction of sp³-hybridized carbons (Fsp3) is 0.895. The number of nitrogens with zero attached hydrogens (tertiary/aromatic N) is 1. The maximum Gasteiger partial charge on any atom is 0.329 e. The van der Waals surface area contributed by atoms with Crippen molar-refractivity contribution in [3.63, 3.8) is 0 Å². The highest BCUT2D eigenvalue weighted by Gasteiger charge is 2.29. The number of hydrogen-bond acceptors (Lipinski definition) is 3. The molecule has 0 aromatic heterocycles. The molecular formula is C19H37NO3. The fourth-order valence-electron chi connectivity index (χ4n) is 2.41. The summed E-state index contributed by atoms with van der Waals surface area (Å²) in [5.41, 5.74) is -0.530. The van der Waals surface area contributed by atoms with Gasteiger partial charge in [-0.2, -0.15) is 0 Å². The number of carbonyl (C=O) groups excluding carboxylic acids is 2. The van der Waals surface area contributed by atoms with Crippen molar-refractivity contribution in [1.82, 2.24) is 4.90 Å². The van der Waals surface area contributed by atoms with Crippen LogP contribution < -0.4 is 0 Å². The third kappa shape index (κ3) is 10.4. The first-order valence-corrected chi connectivity index (χ1v) is 9.10.